The molecule has 0 bridgehead atoms. The molecular formula is C14H25N5. The molecule has 1 aromatic heterocycles. The van der Waals surface area contributed by atoms with Crippen LogP contribution in [0.5, 0.6) is 0 Å². The van der Waals surface area contributed by atoms with E-state index in [0.717, 1.165) is 31.0 Å². The van der Waals surface area contributed by atoms with Gasteiger partial charge in [-0.25, -0.2) is 0 Å². The van der Waals surface area contributed by atoms with Crippen molar-refractivity contribution in [1.29, 1.82) is 0 Å². The monoisotopic (exact) mass is 263 g/mol. The number of nitrogens with one attached hydrogen (secondary N) is 1. The minimum atomic E-state index is 0.352. The van der Waals surface area contributed by atoms with Crippen molar-refractivity contribution in [3.8, 4) is 0 Å². The first-order valence-corrected chi connectivity index (χ1v) is 7.32. The van der Waals surface area contributed by atoms with Gasteiger partial charge in [0.25, 0.3) is 0 Å². The second kappa shape index (κ2) is 6.08. The van der Waals surface area contributed by atoms with Crippen LogP contribution in [0.25, 0.3) is 0 Å². The van der Waals surface area contributed by atoms with Gasteiger partial charge in [0, 0.05) is 24.7 Å². The van der Waals surface area contributed by atoms with Crippen LogP contribution in [0.2, 0.25) is 0 Å². The number of hydrogen-bond donors (Lipinski definition) is 2. The third kappa shape index (κ3) is 3.08. The summed E-state index contributed by atoms with van der Waals surface area (Å²) in [5.41, 5.74) is 5.84. The quantitative estimate of drug-likeness (QED) is 0.855. The minimum absolute atomic E-state index is 0.352. The van der Waals surface area contributed by atoms with Gasteiger partial charge in [-0.3, -0.25) is 0 Å². The molecule has 0 aromatic carbocycles. The zero-order valence-corrected chi connectivity index (χ0v) is 12.2. The molecule has 0 spiro atoms. The van der Waals surface area contributed by atoms with E-state index in [4.69, 9.17) is 5.73 Å². The molecule has 2 atom stereocenters. The van der Waals surface area contributed by atoms with Crippen LogP contribution < -0.4 is 16.0 Å². The highest BCUT2D eigenvalue weighted by molar-refractivity contribution is 5.54. The summed E-state index contributed by atoms with van der Waals surface area (Å²) in [6.45, 7) is 7.53. The summed E-state index contributed by atoms with van der Waals surface area (Å²) in [6, 6.07) is 3.12. The van der Waals surface area contributed by atoms with Crippen molar-refractivity contribution in [1.82, 2.24) is 9.97 Å². The summed E-state index contributed by atoms with van der Waals surface area (Å²) < 4.78 is 0. The van der Waals surface area contributed by atoms with E-state index >= 15 is 0 Å². The Balaban J connectivity index is 2.25. The molecule has 1 aliphatic rings. The molecule has 5 heteroatoms. The van der Waals surface area contributed by atoms with Crippen LogP contribution >= 0.6 is 0 Å². The first kappa shape index (κ1) is 13.9. The second-order valence-electron chi connectivity index (χ2n) is 5.29. The van der Waals surface area contributed by atoms with Crippen LogP contribution in [0.4, 0.5) is 17.6 Å². The van der Waals surface area contributed by atoms with E-state index in [2.05, 4.69) is 41.0 Å². The summed E-state index contributed by atoms with van der Waals surface area (Å²) in [4.78, 5) is 11.1. The summed E-state index contributed by atoms with van der Waals surface area (Å²) in [6.07, 6.45) is 4.67. The fourth-order valence-electron chi connectivity index (χ4n) is 2.81. The summed E-state index contributed by atoms with van der Waals surface area (Å²) in [5.74, 6) is 2.14. The number of nitrogens with two attached hydrogens (primary N) is 1. The molecular weight excluding hydrogens is 238 g/mol. The number of anilines is 3. The van der Waals surface area contributed by atoms with Crippen molar-refractivity contribution < 1.29 is 0 Å². The van der Waals surface area contributed by atoms with E-state index in [9.17, 15) is 0 Å². The average Bonchev–Trinajstić information content (AvgIpc) is 2.77. The Hall–Kier alpha value is -1.52. The molecule has 1 fully saturated rings. The Morgan fingerprint density at radius 1 is 1.37 bits per heavy atom. The molecule has 19 heavy (non-hydrogen) atoms. The second-order valence-corrected chi connectivity index (χ2v) is 5.29. The Morgan fingerprint density at radius 3 is 2.84 bits per heavy atom. The molecule has 2 unspecified atom stereocenters. The molecule has 0 amide bonds. The van der Waals surface area contributed by atoms with Gasteiger partial charge in [0.2, 0.25) is 5.95 Å². The molecule has 3 N–H and O–H groups in total. The average molecular weight is 263 g/mol. The fraction of sp³-hybridized carbons (Fsp3) is 0.714. The van der Waals surface area contributed by atoms with E-state index < -0.39 is 0 Å². The highest BCUT2D eigenvalue weighted by Crippen LogP contribution is 2.31. The number of aromatic nitrogens is 2. The standard InChI is InChI=1S/C14H25N5/c1-4-8-16-12-9-13(18-14(15)17-12)19-10(3)6-7-11(19)5-2/h9-11H,4-8H2,1-3H3,(H3,15,16,17,18). The first-order valence-electron chi connectivity index (χ1n) is 7.32. The van der Waals surface area contributed by atoms with Gasteiger partial charge in [-0.1, -0.05) is 13.8 Å². The lowest BCUT2D eigenvalue weighted by Gasteiger charge is -2.29. The van der Waals surface area contributed by atoms with Gasteiger partial charge >= 0.3 is 0 Å². The Kier molecular flexibility index (Phi) is 4.45. The van der Waals surface area contributed by atoms with Gasteiger partial charge in [-0.15, -0.1) is 0 Å². The molecule has 0 radical (unpaired) electrons. The third-order valence-corrected chi connectivity index (χ3v) is 3.81. The normalized spacial score (nSPS) is 22.8. The van der Waals surface area contributed by atoms with E-state index in [1.807, 2.05) is 6.07 Å². The smallest absolute Gasteiger partial charge is 0.223 e. The van der Waals surface area contributed by atoms with Crippen molar-refractivity contribution in [3.63, 3.8) is 0 Å². The summed E-state index contributed by atoms with van der Waals surface area (Å²) in [7, 11) is 0. The minimum Gasteiger partial charge on any atom is -0.370 e. The topological polar surface area (TPSA) is 67.1 Å². The predicted octanol–water partition coefficient (Wildman–Crippen LogP) is 2.65. The first-order chi connectivity index (χ1) is 9.15. The van der Waals surface area contributed by atoms with Crippen molar-refractivity contribution in [2.75, 3.05) is 22.5 Å². The SMILES string of the molecule is CCCNc1cc(N2C(C)CCC2CC)nc(N)n1. The largest absolute Gasteiger partial charge is 0.370 e. The zero-order valence-electron chi connectivity index (χ0n) is 12.2. The van der Waals surface area contributed by atoms with E-state index in [-0.39, 0.29) is 0 Å². The van der Waals surface area contributed by atoms with Gasteiger partial charge in [0.1, 0.15) is 11.6 Å². The number of nitrogens with zero attached hydrogens (tertiary/aromatic N) is 3. The van der Waals surface area contributed by atoms with Crippen LogP contribution in [-0.4, -0.2) is 28.6 Å². The predicted molar refractivity (Wildman–Crippen MR) is 80.5 cm³/mol. The van der Waals surface area contributed by atoms with Crippen LogP contribution in [-0.2, 0) is 0 Å². The van der Waals surface area contributed by atoms with Gasteiger partial charge < -0.3 is 16.0 Å². The molecule has 106 valence electrons. The maximum atomic E-state index is 5.84. The van der Waals surface area contributed by atoms with E-state index in [1.54, 1.807) is 0 Å². The van der Waals surface area contributed by atoms with Crippen LogP contribution in [0.3, 0.4) is 0 Å². The highest BCUT2D eigenvalue weighted by Gasteiger charge is 2.30. The van der Waals surface area contributed by atoms with Crippen LogP contribution in [0.1, 0.15) is 46.5 Å². The Morgan fingerprint density at radius 2 is 2.16 bits per heavy atom. The van der Waals surface area contributed by atoms with E-state index in [0.29, 0.717) is 18.0 Å². The maximum Gasteiger partial charge on any atom is 0.223 e. The zero-order chi connectivity index (χ0) is 13.8. The van der Waals surface area contributed by atoms with E-state index in [1.165, 1.54) is 12.8 Å². The molecule has 1 saturated heterocycles. The maximum absolute atomic E-state index is 5.84. The molecule has 0 aliphatic carbocycles. The lowest BCUT2D eigenvalue weighted by atomic mass is 10.1. The number of nitrogen functional groups attached to an aromatic ring is 1. The Labute approximate surface area is 115 Å². The lowest BCUT2D eigenvalue weighted by molar-refractivity contribution is 0.621. The van der Waals surface area contributed by atoms with Crippen LogP contribution in [0.15, 0.2) is 6.07 Å². The van der Waals surface area contributed by atoms with Gasteiger partial charge in [-0.2, -0.15) is 9.97 Å². The van der Waals surface area contributed by atoms with Gasteiger partial charge in [0.15, 0.2) is 0 Å². The summed E-state index contributed by atoms with van der Waals surface area (Å²) in [5, 5.41) is 3.29. The van der Waals surface area contributed by atoms with Crippen molar-refractivity contribution in [2.24, 2.45) is 0 Å². The molecule has 0 saturated carbocycles. The third-order valence-electron chi connectivity index (χ3n) is 3.81. The molecule has 2 heterocycles. The summed E-state index contributed by atoms with van der Waals surface area (Å²) >= 11 is 0. The molecule has 1 aliphatic heterocycles. The van der Waals surface area contributed by atoms with Crippen LogP contribution in [0, 0.1) is 0 Å². The van der Waals surface area contributed by atoms with Crippen molar-refractivity contribution >= 4 is 17.6 Å². The molecule has 2 rings (SSSR count). The van der Waals surface area contributed by atoms with Gasteiger partial charge in [0.05, 0.1) is 0 Å². The number of hydrogen-bond acceptors (Lipinski definition) is 5. The molecule has 1 aromatic rings. The van der Waals surface area contributed by atoms with Gasteiger partial charge in [-0.05, 0) is 32.6 Å². The van der Waals surface area contributed by atoms with Crippen molar-refractivity contribution in [2.45, 2.75) is 58.5 Å². The fourth-order valence-corrected chi connectivity index (χ4v) is 2.81. The molecule has 5 nitrogen and oxygen atoms in total. The number of rotatable bonds is 5. The highest BCUT2D eigenvalue weighted by atomic mass is 15.3. The Bertz CT molecular complexity index is 420. The van der Waals surface area contributed by atoms with Crippen molar-refractivity contribution in [3.05, 3.63) is 6.07 Å². The lowest BCUT2D eigenvalue weighted by Crippen LogP contribution is -2.35.